The molecule has 3 aromatic rings. The molecule has 1 heterocycles. The van der Waals surface area contributed by atoms with E-state index in [0.29, 0.717) is 27.5 Å². The van der Waals surface area contributed by atoms with Crippen molar-refractivity contribution < 1.29 is 13.9 Å². The number of rotatable bonds is 5. The molecular formula is C18H18Cl3FN4O2. The van der Waals surface area contributed by atoms with Gasteiger partial charge in [-0.05, 0) is 23.8 Å². The number of nitrogens with two attached hydrogens (primary N) is 1. The van der Waals surface area contributed by atoms with E-state index in [1.165, 1.54) is 19.2 Å². The third-order valence-electron chi connectivity index (χ3n) is 3.87. The van der Waals surface area contributed by atoms with Crippen LogP contribution in [0.5, 0.6) is 5.75 Å². The number of aromatic amines is 1. The van der Waals surface area contributed by atoms with Gasteiger partial charge in [-0.25, -0.2) is 4.39 Å². The Hall–Kier alpha value is -2.32. The lowest BCUT2D eigenvalue weighted by molar-refractivity contribution is -0.117. The van der Waals surface area contributed by atoms with Gasteiger partial charge < -0.3 is 15.8 Å². The van der Waals surface area contributed by atoms with Crippen molar-refractivity contribution >= 4 is 48.0 Å². The summed E-state index contributed by atoms with van der Waals surface area (Å²) in [7, 11) is 1.46. The summed E-state index contributed by atoms with van der Waals surface area (Å²) < 4.78 is 19.8. The maximum Gasteiger partial charge on any atom is 0.245 e. The Morgan fingerprint density at radius 1 is 1.29 bits per heavy atom. The van der Waals surface area contributed by atoms with Crippen LogP contribution in [0.1, 0.15) is 11.6 Å². The summed E-state index contributed by atoms with van der Waals surface area (Å²) >= 11 is 5.83. The van der Waals surface area contributed by atoms with E-state index in [1.54, 1.807) is 36.7 Å². The zero-order valence-corrected chi connectivity index (χ0v) is 17.0. The number of carbonyl (C=O) groups excluding carboxylic acids is 1. The highest BCUT2D eigenvalue weighted by Gasteiger charge is 2.19. The number of ether oxygens (including phenoxy) is 1. The Bertz CT molecular complexity index is 921. The number of nitrogens with zero attached hydrogens (tertiary/aromatic N) is 1. The highest BCUT2D eigenvalue weighted by molar-refractivity contribution is 6.30. The molecule has 0 radical (unpaired) electrons. The van der Waals surface area contributed by atoms with Crippen LogP contribution in [-0.2, 0) is 4.79 Å². The van der Waals surface area contributed by atoms with E-state index in [9.17, 15) is 9.18 Å². The molecule has 1 aromatic heterocycles. The highest BCUT2D eigenvalue weighted by Crippen LogP contribution is 2.34. The molecule has 3 rings (SSSR count). The first-order chi connectivity index (χ1) is 12.5. The Labute approximate surface area is 178 Å². The third-order valence-corrected chi connectivity index (χ3v) is 4.12. The molecule has 4 N–H and O–H groups in total. The minimum Gasteiger partial charge on any atom is -0.496 e. The van der Waals surface area contributed by atoms with Crippen LogP contribution < -0.4 is 15.8 Å². The molecule has 0 spiro atoms. The zero-order valence-electron chi connectivity index (χ0n) is 14.6. The van der Waals surface area contributed by atoms with Crippen LogP contribution in [0.4, 0.5) is 10.1 Å². The van der Waals surface area contributed by atoms with Gasteiger partial charge in [-0.2, -0.15) is 5.10 Å². The third kappa shape index (κ3) is 5.14. The molecule has 28 heavy (non-hydrogen) atoms. The van der Waals surface area contributed by atoms with Crippen LogP contribution in [0, 0.1) is 5.82 Å². The van der Waals surface area contributed by atoms with Gasteiger partial charge in [-0.1, -0.05) is 23.7 Å². The van der Waals surface area contributed by atoms with Crippen LogP contribution in [-0.4, -0.2) is 23.2 Å². The summed E-state index contributed by atoms with van der Waals surface area (Å²) in [5.74, 6) is -0.772. The lowest BCUT2D eigenvalue weighted by Crippen LogP contribution is -2.28. The molecule has 1 amide bonds. The number of methoxy groups -OCH3 is 1. The van der Waals surface area contributed by atoms with Crippen molar-refractivity contribution in [1.29, 1.82) is 0 Å². The van der Waals surface area contributed by atoms with Crippen molar-refractivity contribution in [2.75, 3.05) is 12.4 Å². The number of anilines is 1. The van der Waals surface area contributed by atoms with E-state index in [1.807, 2.05) is 0 Å². The summed E-state index contributed by atoms with van der Waals surface area (Å²) in [5, 5.41) is 9.53. The largest absolute Gasteiger partial charge is 0.496 e. The lowest BCUT2D eigenvalue weighted by atomic mass is 10.1. The first kappa shape index (κ1) is 23.7. The fraction of sp³-hybridized carbons (Fsp3) is 0.111. The molecule has 0 aliphatic carbocycles. The Balaban J connectivity index is 0.00000196. The second-order valence-electron chi connectivity index (χ2n) is 5.54. The number of aromatic nitrogens is 2. The number of carbonyl (C=O) groups is 1. The first-order valence-corrected chi connectivity index (χ1v) is 8.06. The highest BCUT2D eigenvalue weighted by atomic mass is 35.5. The maximum absolute atomic E-state index is 14.5. The minimum atomic E-state index is -0.966. The minimum absolute atomic E-state index is 0. The first-order valence-electron chi connectivity index (χ1n) is 7.68. The van der Waals surface area contributed by atoms with Gasteiger partial charge in [0.2, 0.25) is 5.91 Å². The van der Waals surface area contributed by atoms with Crippen molar-refractivity contribution in [3.63, 3.8) is 0 Å². The molecular weight excluding hydrogens is 430 g/mol. The van der Waals surface area contributed by atoms with E-state index in [0.717, 1.165) is 0 Å². The monoisotopic (exact) mass is 446 g/mol. The maximum atomic E-state index is 14.5. The average Bonchev–Trinajstić information content (AvgIpc) is 3.17. The number of halogens is 4. The average molecular weight is 448 g/mol. The van der Waals surface area contributed by atoms with Gasteiger partial charge in [0.05, 0.1) is 19.0 Å². The normalized spacial score (nSPS) is 11.0. The van der Waals surface area contributed by atoms with Crippen LogP contribution in [0.3, 0.4) is 0 Å². The summed E-state index contributed by atoms with van der Waals surface area (Å²) in [6.07, 6.45) is 3.16. The Morgan fingerprint density at radius 2 is 1.96 bits per heavy atom. The summed E-state index contributed by atoms with van der Waals surface area (Å²) in [6.45, 7) is 0. The van der Waals surface area contributed by atoms with Crippen molar-refractivity contribution in [2.45, 2.75) is 6.04 Å². The summed E-state index contributed by atoms with van der Waals surface area (Å²) in [5.41, 5.74) is 7.66. The number of nitrogens with one attached hydrogen (secondary N) is 2. The molecule has 150 valence electrons. The van der Waals surface area contributed by atoms with E-state index in [2.05, 4.69) is 15.5 Å². The molecule has 0 saturated carbocycles. The SMILES string of the molecule is COc1cc(NC(=O)C(N)c2ccc(Cl)cc2)c(F)cc1-c1cn[nH]c1.Cl.Cl. The second-order valence-corrected chi connectivity index (χ2v) is 5.97. The van der Waals surface area contributed by atoms with Crippen molar-refractivity contribution in [3.8, 4) is 16.9 Å². The number of benzene rings is 2. The van der Waals surface area contributed by atoms with Gasteiger partial charge in [-0.15, -0.1) is 24.8 Å². The van der Waals surface area contributed by atoms with Gasteiger partial charge >= 0.3 is 0 Å². The van der Waals surface area contributed by atoms with Gasteiger partial charge in [0, 0.05) is 28.4 Å². The molecule has 0 aliphatic heterocycles. The van der Waals surface area contributed by atoms with Crippen molar-refractivity contribution in [1.82, 2.24) is 10.2 Å². The van der Waals surface area contributed by atoms with Crippen LogP contribution in [0.15, 0.2) is 48.8 Å². The zero-order chi connectivity index (χ0) is 18.7. The number of H-pyrrole nitrogens is 1. The smallest absolute Gasteiger partial charge is 0.245 e. The van der Waals surface area contributed by atoms with Crippen LogP contribution >= 0.6 is 36.4 Å². The van der Waals surface area contributed by atoms with Gasteiger partial charge in [0.15, 0.2) is 0 Å². The number of hydrogen-bond acceptors (Lipinski definition) is 4. The van der Waals surface area contributed by atoms with Gasteiger partial charge in [0.25, 0.3) is 0 Å². The quantitative estimate of drug-likeness (QED) is 0.542. The fourth-order valence-corrected chi connectivity index (χ4v) is 2.60. The molecule has 1 atom stereocenters. The molecule has 10 heteroatoms. The molecule has 0 saturated heterocycles. The van der Waals surface area contributed by atoms with Crippen LogP contribution in [0.2, 0.25) is 5.02 Å². The van der Waals surface area contributed by atoms with E-state index < -0.39 is 17.8 Å². The van der Waals surface area contributed by atoms with Gasteiger partial charge in [-0.3, -0.25) is 9.89 Å². The molecule has 6 nitrogen and oxygen atoms in total. The van der Waals surface area contributed by atoms with E-state index in [-0.39, 0.29) is 30.5 Å². The number of hydrogen-bond donors (Lipinski definition) is 3. The molecule has 0 bridgehead atoms. The second kappa shape index (κ2) is 10.3. The van der Waals surface area contributed by atoms with Crippen molar-refractivity contribution in [3.05, 3.63) is 65.2 Å². The fourth-order valence-electron chi connectivity index (χ4n) is 2.47. The summed E-state index contributed by atoms with van der Waals surface area (Å²) in [6, 6.07) is 8.26. The van der Waals surface area contributed by atoms with Crippen molar-refractivity contribution in [2.24, 2.45) is 5.73 Å². The number of amides is 1. The Kier molecular flexibility index (Phi) is 8.71. The molecule has 1 unspecified atom stereocenters. The van der Waals surface area contributed by atoms with E-state index >= 15 is 0 Å². The predicted octanol–water partition coefficient (Wildman–Crippen LogP) is 4.36. The predicted molar refractivity (Wildman–Crippen MR) is 112 cm³/mol. The molecule has 0 aliphatic rings. The molecule has 0 fully saturated rings. The van der Waals surface area contributed by atoms with E-state index in [4.69, 9.17) is 22.1 Å². The van der Waals surface area contributed by atoms with Gasteiger partial charge in [0.1, 0.15) is 17.6 Å². The lowest BCUT2D eigenvalue weighted by Gasteiger charge is -2.15. The Morgan fingerprint density at radius 3 is 2.54 bits per heavy atom. The summed E-state index contributed by atoms with van der Waals surface area (Å²) in [4.78, 5) is 12.4. The standard InChI is InChI=1S/C18H16ClFN4O2.2ClH/c1-26-16-7-15(14(20)6-13(16)11-8-22-23-9-11)24-18(25)17(21)10-2-4-12(19)5-3-10;;/h2-9,17H,21H2,1H3,(H,22,23)(H,24,25);2*1H. The topological polar surface area (TPSA) is 93.0 Å². The van der Waals surface area contributed by atoms with Crippen LogP contribution in [0.25, 0.3) is 11.1 Å². The molecule has 2 aromatic carbocycles.